The van der Waals surface area contributed by atoms with Gasteiger partial charge in [-0.1, -0.05) is 39.2 Å². The number of nitrogens with one attached hydrogen (secondary N) is 1. The van der Waals surface area contributed by atoms with Gasteiger partial charge >= 0.3 is 0 Å². The third-order valence-electron chi connectivity index (χ3n) is 3.85. The Kier molecular flexibility index (Phi) is 6.79. The summed E-state index contributed by atoms with van der Waals surface area (Å²) < 4.78 is 0. The van der Waals surface area contributed by atoms with E-state index in [1.807, 2.05) is 6.08 Å². The Morgan fingerprint density at radius 3 is 2.50 bits per heavy atom. The minimum atomic E-state index is 0.647. The minimum absolute atomic E-state index is 0.647. The zero-order valence-corrected chi connectivity index (χ0v) is 11.2. The number of rotatable bonds is 9. The van der Waals surface area contributed by atoms with Crippen LogP contribution >= 0.6 is 0 Å². The quantitative estimate of drug-likeness (QED) is 0.457. The molecule has 0 aromatic carbocycles. The summed E-state index contributed by atoms with van der Waals surface area (Å²) in [5.74, 6) is 2.00. The van der Waals surface area contributed by atoms with E-state index >= 15 is 0 Å². The van der Waals surface area contributed by atoms with E-state index in [9.17, 15) is 0 Å². The fraction of sp³-hybridized carbons (Fsp3) is 0.867. The van der Waals surface area contributed by atoms with Gasteiger partial charge in [0.25, 0.3) is 0 Å². The second kappa shape index (κ2) is 7.89. The number of unbranched alkanes of at least 4 members (excludes halogenated alkanes) is 3. The highest BCUT2D eigenvalue weighted by atomic mass is 14.9. The maximum absolute atomic E-state index is 3.77. The fourth-order valence-electron chi connectivity index (χ4n) is 2.55. The molecule has 1 saturated carbocycles. The van der Waals surface area contributed by atoms with Crippen LogP contribution in [0.5, 0.6) is 0 Å². The molecule has 1 aliphatic rings. The summed E-state index contributed by atoms with van der Waals surface area (Å²) in [4.78, 5) is 0. The zero-order valence-electron chi connectivity index (χ0n) is 11.2. The van der Waals surface area contributed by atoms with Crippen LogP contribution in [0.25, 0.3) is 0 Å². The van der Waals surface area contributed by atoms with E-state index in [1.54, 1.807) is 0 Å². The molecule has 1 aliphatic carbocycles. The summed E-state index contributed by atoms with van der Waals surface area (Å²) >= 11 is 0. The lowest BCUT2D eigenvalue weighted by Crippen LogP contribution is -2.37. The van der Waals surface area contributed by atoms with Gasteiger partial charge in [0.05, 0.1) is 0 Å². The first-order valence-corrected chi connectivity index (χ1v) is 7.08. The van der Waals surface area contributed by atoms with E-state index < -0.39 is 0 Å². The summed E-state index contributed by atoms with van der Waals surface area (Å²) in [7, 11) is 0. The van der Waals surface area contributed by atoms with Gasteiger partial charge in [0.1, 0.15) is 0 Å². The molecule has 0 aromatic heterocycles. The number of hydrogen-bond donors (Lipinski definition) is 1. The fourth-order valence-corrected chi connectivity index (χ4v) is 2.55. The second-order valence-electron chi connectivity index (χ2n) is 5.59. The van der Waals surface area contributed by atoms with E-state index in [4.69, 9.17) is 0 Å². The molecule has 0 amide bonds. The van der Waals surface area contributed by atoms with Crippen LogP contribution in [0, 0.1) is 11.8 Å². The maximum atomic E-state index is 3.77. The topological polar surface area (TPSA) is 12.0 Å². The molecule has 2 unspecified atom stereocenters. The van der Waals surface area contributed by atoms with Crippen molar-refractivity contribution < 1.29 is 0 Å². The van der Waals surface area contributed by atoms with Crippen molar-refractivity contribution in [1.29, 1.82) is 0 Å². The first-order chi connectivity index (χ1) is 7.74. The highest BCUT2D eigenvalue weighted by Crippen LogP contribution is 2.37. The van der Waals surface area contributed by atoms with Crippen LogP contribution < -0.4 is 5.32 Å². The number of allylic oxidation sites excluding steroid dienone is 1. The third kappa shape index (κ3) is 5.16. The first-order valence-electron chi connectivity index (χ1n) is 7.08. The largest absolute Gasteiger partial charge is 0.314 e. The van der Waals surface area contributed by atoms with Crippen LogP contribution in [0.2, 0.25) is 0 Å². The van der Waals surface area contributed by atoms with Crippen molar-refractivity contribution in [1.82, 2.24) is 5.32 Å². The SMILES string of the molecule is C=CCCCCCC1CCC1CNC(C)C. The maximum Gasteiger partial charge on any atom is 0.00104 e. The predicted octanol–water partition coefficient (Wildman–Crippen LogP) is 4.15. The van der Waals surface area contributed by atoms with Crippen molar-refractivity contribution in [3.05, 3.63) is 12.7 Å². The van der Waals surface area contributed by atoms with Crippen LogP contribution in [-0.2, 0) is 0 Å². The summed E-state index contributed by atoms with van der Waals surface area (Å²) in [6.45, 7) is 9.49. The number of hydrogen-bond acceptors (Lipinski definition) is 1. The van der Waals surface area contributed by atoms with Gasteiger partial charge in [-0.2, -0.15) is 0 Å². The van der Waals surface area contributed by atoms with E-state index in [1.165, 1.54) is 51.5 Å². The monoisotopic (exact) mass is 223 g/mol. The Labute approximate surface area is 102 Å². The Balaban J connectivity index is 1.98. The molecule has 1 N–H and O–H groups in total. The molecule has 1 heteroatoms. The predicted molar refractivity (Wildman–Crippen MR) is 72.6 cm³/mol. The molecule has 1 rings (SSSR count). The van der Waals surface area contributed by atoms with Crippen molar-refractivity contribution in [2.75, 3.05) is 6.54 Å². The molecule has 0 radical (unpaired) electrons. The van der Waals surface area contributed by atoms with Crippen LogP contribution in [0.4, 0.5) is 0 Å². The van der Waals surface area contributed by atoms with Gasteiger partial charge in [0, 0.05) is 6.04 Å². The first kappa shape index (κ1) is 13.8. The van der Waals surface area contributed by atoms with E-state index in [0.717, 1.165) is 11.8 Å². The molecule has 1 nitrogen and oxygen atoms in total. The van der Waals surface area contributed by atoms with Gasteiger partial charge in [-0.05, 0) is 44.1 Å². The Morgan fingerprint density at radius 1 is 1.19 bits per heavy atom. The molecule has 0 aliphatic heterocycles. The molecule has 16 heavy (non-hydrogen) atoms. The van der Waals surface area contributed by atoms with Crippen LogP contribution in [-0.4, -0.2) is 12.6 Å². The van der Waals surface area contributed by atoms with Gasteiger partial charge in [0.2, 0.25) is 0 Å². The van der Waals surface area contributed by atoms with Crippen LogP contribution in [0.15, 0.2) is 12.7 Å². The lowest BCUT2D eigenvalue weighted by molar-refractivity contribution is 0.153. The van der Waals surface area contributed by atoms with Gasteiger partial charge in [-0.3, -0.25) is 0 Å². The van der Waals surface area contributed by atoms with Crippen molar-refractivity contribution in [2.45, 2.75) is 64.8 Å². The van der Waals surface area contributed by atoms with Gasteiger partial charge in [0.15, 0.2) is 0 Å². The summed E-state index contributed by atoms with van der Waals surface area (Å²) in [5.41, 5.74) is 0. The van der Waals surface area contributed by atoms with Crippen molar-refractivity contribution in [2.24, 2.45) is 11.8 Å². The van der Waals surface area contributed by atoms with Crippen LogP contribution in [0.3, 0.4) is 0 Å². The second-order valence-corrected chi connectivity index (χ2v) is 5.59. The van der Waals surface area contributed by atoms with Crippen LogP contribution in [0.1, 0.15) is 58.8 Å². The van der Waals surface area contributed by atoms with Gasteiger partial charge in [-0.25, -0.2) is 0 Å². The average Bonchev–Trinajstić information content (AvgIpc) is 2.21. The molecule has 0 spiro atoms. The molecule has 1 fully saturated rings. The molecule has 0 saturated heterocycles. The molecular formula is C15H29N. The molecular weight excluding hydrogens is 194 g/mol. The lowest BCUT2D eigenvalue weighted by atomic mass is 9.71. The minimum Gasteiger partial charge on any atom is -0.314 e. The highest BCUT2D eigenvalue weighted by molar-refractivity contribution is 4.82. The summed E-state index contributed by atoms with van der Waals surface area (Å²) in [6, 6.07) is 0.647. The summed E-state index contributed by atoms with van der Waals surface area (Å²) in [6.07, 6.45) is 11.8. The Hall–Kier alpha value is -0.300. The Bertz CT molecular complexity index is 186. The Morgan fingerprint density at radius 2 is 1.94 bits per heavy atom. The van der Waals surface area contributed by atoms with E-state index in [-0.39, 0.29) is 0 Å². The van der Waals surface area contributed by atoms with Crippen molar-refractivity contribution in [3.63, 3.8) is 0 Å². The normalized spacial score (nSPS) is 24.4. The third-order valence-corrected chi connectivity index (χ3v) is 3.85. The van der Waals surface area contributed by atoms with E-state index in [2.05, 4.69) is 25.7 Å². The lowest BCUT2D eigenvalue weighted by Gasteiger charge is -2.37. The molecule has 2 atom stereocenters. The van der Waals surface area contributed by atoms with Crippen molar-refractivity contribution in [3.8, 4) is 0 Å². The smallest absolute Gasteiger partial charge is 0.00104 e. The standard InChI is InChI=1S/C15H29N/c1-4-5-6-7-8-9-14-10-11-15(14)12-16-13(2)3/h4,13-16H,1,5-12H2,2-3H3. The van der Waals surface area contributed by atoms with Gasteiger partial charge in [-0.15, -0.1) is 6.58 Å². The van der Waals surface area contributed by atoms with E-state index in [0.29, 0.717) is 6.04 Å². The molecule has 0 aromatic rings. The molecule has 0 bridgehead atoms. The van der Waals surface area contributed by atoms with Crippen molar-refractivity contribution >= 4 is 0 Å². The summed E-state index contributed by atoms with van der Waals surface area (Å²) in [5, 5.41) is 3.57. The zero-order chi connectivity index (χ0) is 11.8. The molecule has 94 valence electrons. The average molecular weight is 223 g/mol. The highest BCUT2D eigenvalue weighted by Gasteiger charge is 2.29. The van der Waals surface area contributed by atoms with Gasteiger partial charge < -0.3 is 5.32 Å². The molecule has 0 heterocycles.